The molecule has 0 atom stereocenters. The highest BCUT2D eigenvalue weighted by Gasteiger charge is 2.33. The number of aromatic hydroxyl groups is 1. The van der Waals surface area contributed by atoms with Crippen molar-refractivity contribution < 1.29 is 27.5 Å². The van der Waals surface area contributed by atoms with Crippen molar-refractivity contribution in [1.82, 2.24) is 4.90 Å². The van der Waals surface area contributed by atoms with Crippen LogP contribution in [0, 0.1) is 5.82 Å². The van der Waals surface area contributed by atoms with E-state index in [1.54, 1.807) is 6.92 Å². The number of carbonyl (C=O) groups excluding carboxylic acids is 1. The summed E-state index contributed by atoms with van der Waals surface area (Å²) < 4.78 is 50.5. The van der Waals surface area contributed by atoms with Crippen LogP contribution in [0.5, 0.6) is 5.75 Å². The lowest BCUT2D eigenvalue weighted by molar-refractivity contribution is -0.140. The predicted molar refractivity (Wildman–Crippen MR) is 60.3 cm³/mol. The lowest BCUT2D eigenvalue weighted by Gasteiger charge is -2.23. The van der Waals surface area contributed by atoms with Crippen LogP contribution < -0.4 is 0 Å². The molecule has 3 nitrogen and oxygen atoms in total. The van der Waals surface area contributed by atoms with E-state index in [-0.39, 0.29) is 6.54 Å². The van der Waals surface area contributed by atoms with Gasteiger partial charge in [0.25, 0.3) is 5.91 Å². The van der Waals surface area contributed by atoms with E-state index in [2.05, 4.69) is 0 Å². The van der Waals surface area contributed by atoms with Gasteiger partial charge in [0, 0.05) is 12.6 Å². The first kappa shape index (κ1) is 15.3. The standard InChI is InChI=1S/C12H13F4NO2/c1-2-5-17(7-12(14,15)16)11(19)9-4-3-8(18)6-10(9)13/h3-4,6,18H,2,5,7H2,1H3. The molecular formula is C12H13F4NO2. The van der Waals surface area contributed by atoms with E-state index in [0.29, 0.717) is 17.4 Å². The summed E-state index contributed by atoms with van der Waals surface area (Å²) in [6, 6.07) is 2.70. The van der Waals surface area contributed by atoms with Gasteiger partial charge in [0.1, 0.15) is 18.1 Å². The number of nitrogens with zero attached hydrogens (tertiary/aromatic N) is 1. The molecule has 0 radical (unpaired) electrons. The lowest BCUT2D eigenvalue weighted by Crippen LogP contribution is -2.39. The Morgan fingerprint density at radius 3 is 2.47 bits per heavy atom. The normalized spacial score (nSPS) is 11.4. The number of phenols is 1. The molecule has 0 unspecified atom stereocenters. The van der Waals surface area contributed by atoms with E-state index in [1.807, 2.05) is 0 Å². The van der Waals surface area contributed by atoms with Gasteiger partial charge in [-0.2, -0.15) is 13.2 Å². The molecule has 0 saturated heterocycles. The average Bonchev–Trinajstić information content (AvgIpc) is 2.26. The highest BCUT2D eigenvalue weighted by atomic mass is 19.4. The third-order valence-electron chi connectivity index (χ3n) is 2.33. The van der Waals surface area contributed by atoms with Gasteiger partial charge in [0.2, 0.25) is 0 Å². The van der Waals surface area contributed by atoms with Crippen molar-refractivity contribution in [1.29, 1.82) is 0 Å². The van der Waals surface area contributed by atoms with E-state index in [4.69, 9.17) is 5.11 Å². The number of hydrogen-bond acceptors (Lipinski definition) is 2. The Morgan fingerprint density at radius 1 is 1.37 bits per heavy atom. The summed E-state index contributed by atoms with van der Waals surface area (Å²) in [6.07, 6.45) is -4.22. The van der Waals surface area contributed by atoms with Gasteiger partial charge >= 0.3 is 6.18 Å². The summed E-state index contributed by atoms with van der Waals surface area (Å²) in [7, 11) is 0. The maximum atomic E-state index is 13.4. The number of halogens is 4. The van der Waals surface area contributed by atoms with Gasteiger partial charge in [-0.3, -0.25) is 4.79 Å². The Hall–Kier alpha value is -1.79. The summed E-state index contributed by atoms with van der Waals surface area (Å²) in [6.45, 7) is 0.0580. The number of benzene rings is 1. The zero-order chi connectivity index (χ0) is 14.6. The first-order valence-electron chi connectivity index (χ1n) is 5.59. The van der Waals surface area contributed by atoms with Crippen LogP contribution >= 0.6 is 0 Å². The molecule has 0 fully saturated rings. The third-order valence-corrected chi connectivity index (χ3v) is 2.33. The Balaban J connectivity index is 2.99. The van der Waals surface area contributed by atoms with Crippen LogP contribution in [0.4, 0.5) is 17.6 Å². The zero-order valence-electron chi connectivity index (χ0n) is 10.2. The highest BCUT2D eigenvalue weighted by Crippen LogP contribution is 2.21. The molecule has 0 aliphatic rings. The summed E-state index contributed by atoms with van der Waals surface area (Å²) in [4.78, 5) is 12.4. The van der Waals surface area contributed by atoms with Gasteiger partial charge in [-0.1, -0.05) is 6.92 Å². The number of phenolic OH excluding ortho intramolecular Hbond substituents is 1. The van der Waals surface area contributed by atoms with Crippen LogP contribution in [0.2, 0.25) is 0 Å². The van der Waals surface area contributed by atoms with E-state index in [9.17, 15) is 22.4 Å². The second kappa shape index (κ2) is 5.90. The van der Waals surface area contributed by atoms with Crippen LogP contribution in [0.3, 0.4) is 0 Å². The number of carbonyl (C=O) groups is 1. The Kier molecular flexibility index (Phi) is 4.74. The fourth-order valence-electron chi connectivity index (χ4n) is 1.59. The van der Waals surface area contributed by atoms with Crippen LogP contribution in [0.1, 0.15) is 23.7 Å². The van der Waals surface area contributed by atoms with Gasteiger partial charge in [-0.25, -0.2) is 4.39 Å². The fourth-order valence-corrected chi connectivity index (χ4v) is 1.59. The number of amides is 1. The minimum Gasteiger partial charge on any atom is -0.508 e. The number of alkyl halides is 3. The van der Waals surface area contributed by atoms with Crippen LogP contribution in [-0.4, -0.2) is 35.2 Å². The first-order chi connectivity index (χ1) is 8.74. The Morgan fingerprint density at radius 2 is 2.00 bits per heavy atom. The van der Waals surface area contributed by atoms with Crippen LogP contribution in [0.15, 0.2) is 18.2 Å². The van der Waals surface area contributed by atoms with Gasteiger partial charge in [0.05, 0.1) is 5.56 Å². The molecule has 0 aliphatic carbocycles. The second-order valence-electron chi connectivity index (χ2n) is 4.01. The van der Waals surface area contributed by atoms with E-state index in [1.165, 1.54) is 0 Å². The van der Waals surface area contributed by atoms with Crippen molar-refractivity contribution in [3.8, 4) is 5.75 Å². The lowest BCUT2D eigenvalue weighted by atomic mass is 10.1. The van der Waals surface area contributed by atoms with E-state index < -0.39 is 35.8 Å². The van der Waals surface area contributed by atoms with Crippen molar-refractivity contribution in [3.05, 3.63) is 29.6 Å². The topological polar surface area (TPSA) is 40.5 Å². The van der Waals surface area contributed by atoms with Gasteiger partial charge in [-0.05, 0) is 18.6 Å². The molecule has 1 rings (SSSR count). The van der Waals surface area contributed by atoms with Crippen LogP contribution in [0.25, 0.3) is 0 Å². The van der Waals surface area contributed by atoms with E-state index in [0.717, 1.165) is 12.1 Å². The molecule has 1 aromatic carbocycles. The largest absolute Gasteiger partial charge is 0.508 e. The second-order valence-corrected chi connectivity index (χ2v) is 4.01. The molecule has 0 bridgehead atoms. The summed E-state index contributed by atoms with van der Waals surface area (Å²) in [5.74, 6) is -2.49. The highest BCUT2D eigenvalue weighted by molar-refractivity contribution is 5.94. The molecular weight excluding hydrogens is 266 g/mol. The molecule has 0 spiro atoms. The van der Waals surface area contributed by atoms with Crippen molar-refractivity contribution >= 4 is 5.91 Å². The quantitative estimate of drug-likeness (QED) is 0.861. The van der Waals surface area contributed by atoms with Crippen molar-refractivity contribution in [2.24, 2.45) is 0 Å². The first-order valence-corrected chi connectivity index (χ1v) is 5.59. The third kappa shape index (κ3) is 4.42. The molecule has 0 aromatic heterocycles. The molecule has 1 aromatic rings. The molecule has 106 valence electrons. The van der Waals surface area contributed by atoms with Gasteiger partial charge in [0.15, 0.2) is 0 Å². The van der Waals surface area contributed by atoms with E-state index >= 15 is 0 Å². The summed E-state index contributed by atoms with van der Waals surface area (Å²) in [5, 5.41) is 9.00. The molecule has 7 heteroatoms. The average molecular weight is 279 g/mol. The van der Waals surface area contributed by atoms with Crippen LogP contribution in [-0.2, 0) is 0 Å². The maximum absolute atomic E-state index is 13.4. The van der Waals surface area contributed by atoms with Gasteiger partial charge in [-0.15, -0.1) is 0 Å². The summed E-state index contributed by atoms with van der Waals surface area (Å²) >= 11 is 0. The molecule has 0 heterocycles. The van der Waals surface area contributed by atoms with Crippen molar-refractivity contribution in [2.45, 2.75) is 19.5 Å². The molecule has 1 amide bonds. The zero-order valence-corrected chi connectivity index (χ0v) is 10.2. The molecule has 0 aliphatic heterocycles. The minimum atomic E-state index is -4.54. The van der Waals surface area contributed by atoms with Crippen molar-refractivity contribution in [3.63, 3.8) is 0 Å². The van der Waals surface area contributed by atoms with Crippen molar-refractivity contribution in [2.75, 3.05) is 13.1 Å². The molecule has 19 heavy (non-hydrogen) atoms. The number of rotatable bonds is 4. The molecule has 0 saturated carbocycles. The predicted octanol–water partition coefficient (Wildman–Crippen LogP) is 2.95. The maximum Gasteiger partial charge on any atom is 0.406 e. The SMILES string of the molecule is CCCN(CC(F)(F)F)C(=O)c1ccc(O)cc1F. The minimum absolute atomic E-state index is 0.126. The Bertz CT molecular complexity index is 460. The fraction of sp³-hybridized carbons (Fsp3) is 0.417. The monoisotopic (exact) mass is 279 g/mol. The van der Waals surface area contributed by atoms with Gasteiger partial charge < -0.3 is 10.0 Å². The summed E-state index contributed by atoms with van der Waals surface area (Å²) in [5.41, 5.74) is -0.490. The smallest absolute Gasteiger partial charge is 0.406 e. The molecule has 1 N–H and O–H groups in total. The number of hydrogen-bond donors (Lipinski definition) is 1. The Labute approximate surface area is 107 Å².